The highest BCUT2D eigenvalue weighted by atomic mass is 19.4. The first-order chi connectivity index (χ1) is 6.91. The predicted octanol–water partition coefficient (Wildman–Crippen LogP) is 5.18. The first-order valence-electron chi connectivity index (χ1n) is 5.98. The van der Waals surface area contributed by atoms with Gasteiger partial charge in [0.15, 0.2) is 0 Å². The molecule has 0 aromatic carbocycles. The fraction of sp³-hybridized carbons (Fsp3) is 1.00. The van der Waals surface area contributed by atoms with Crippen LogP contribution in [0.4, 0.5) is 13.2 Å². The van der Waals surface area contributed by atoms with Gasteiger partial charge in [0.2, 0.25) is 0 Å². The molecule has 0 aliphatic rings. The molecule has 0 spiro atoms. The summed E-state index contributed by atoms with van der Waals surface area (Å²) >= 11 is 0. The van der Waals surface area contributed by atoms with Crippen molar-refractivity contribution in [3.05, 3.63) is 0 Å². The molecule has 0 nitrogen and oxygen atoms in total. The van der Waals surface area contributed by atoms with Crippen LogP contribution in [-0.2, 0) is 0 Å². The van der Waals surface area contributed by atoms with Gasteiger partial charge in [0.25, 0.3) is 0 Å². The standard InChI is InChI=1S/C12H23F3/c1-4-6-11(7-5-2)9-8-10(3)12(13,14)15/h10-11H,4-9H2,1-3H3. The highest BCUT2D eigenvalue weighted by Gasteiger charge is 2.35. The molecule has 1 unspecified atom stereocenters. The van der Waals surface area contributed by atoms with E-state index in [2.05, 4.69) is 13.8 Å². The lowest BCUT2D eigenvalue weighted by molar-refractivity contribution is -0.171. The second-order valence-corrected chi connectivity index (χ2v) is 4.46. The molecule has 0 fully saturated rings. The lowest BCUT2D eigenvalue weighted by atomic mass is 9.90. The Morgan fingerprint density at radius 1 is 0.867 bits per heavy atom. The van der Waals surface area contributed by atoms with E-state index in [1.807, 2.05) is 0 Å². The lowest BCUT2D eigenvalue weighted by Gasteiger charge is -2.19. The van der Waals surface area contributed by atoms with E-state index in [4.69, 9.17) is 0 Å². The molecule has 0 amide bonds. The molecule has 0 aromatic rings. The van der Waals surface area contributed by atoms with Crippen molar-refractivity contribution in [2.75, 3.05) is 0 Å². The van der Waals surface area contributed by atoms with Crippen LogP contribution in [-0.4, -0.2) is 6.18 Å². The van der Waals surface area contributed by atoms with Gasteiger partial charge in [-0.2, -0.15) is 13.2 Å². The van der Waals surface area contributed by atoms with Crippen LogP contribution in [0.3, 0.4) is 0 Å². The SMILES string of the molecule is CCCC(CCC)CCC(C)C(F)(F)F. The molecule has 92 valence electrons. The van der Waals surface area contributed by atoms with Crippen LogP contribution >= 0.6 is 0 Å². The zero-order valence-corrected chi connectivity index (χ0v) is 10.0. The van der Waals surface area contributed by atoms with Gasteiger partial charge >= 0.3 is 6.18 Å². The van der Waals surface area contributed by atoms with E-state index in [1.54, 1.807) is 0 Å². The largest absolute Gasteiger partial charge is 0.391 e. The average Bonchev–Trinajstić information content (AvgIpc) is 2.12. The maximum absolute atomic E-state index is 12.3. The number of halogens is 3. The molecule has 1 atom stereocenters. The average molecular weight is 224 g/mol. The smallest absolute Gasteiger partial charge is 0.171 e. The maximum atomic E-state index is 12.3. The van der Waals surface area contributed by atoms with E-state index < -0.39 is 12.1 Å². The Bertz CT molecular complexity index is 145. The molecule has 0 heterocycles. The summed E-state index contributed by atoms with van der Waals surface area (Å²) in [7, 11) is 0. The summed E-state index contributed by atoms with van der Waals surface area (Å²) in [6.07, 6.45) is 1.28. The summed E-state index contributed by atoms with van der Waals surface area (Å²) in [5.41, 5.74) is 0. The molecule has 0 saturated carbocycles. The minimum Gasteiger partial charge on any atom is -0.171 e. The van der Waals surface area contributed by atoms with Crippen molar-refractivity contribution in [2.45, 2.75) is 65.5 Å². The highest BCUT2D eigenvalue weighted by Crippen LogP contribution is 2.31. The second-order valence-electron chi connectivity index (χ2n) is 4.46. The number of rotatable bonds is 7. The van der Waals surface area contributed by atoms with E-state index in [0.29, 0.717) is 5.92 Å². The molecule has 0 N–H and O–H groups in total. The Balaban J connectivity index is 3.87. The van der Waals surface area contributed by atoms with Gasteiger partial charge in [-0.05, 0) is 18.8 Å². The number of alkyl halides is 3. The molecular weight excluding hydrogens is 201 g/mol. The van der Waals surface area contributed by atoms with Crippen LogP contribution < -0.4 is 0 Å². The first kappa shape index (κ1) is 14.8. The van der Waals surface area contributed by atoms with E-state index in [1.165, 1.54) is 6.92 Å². The van der Waals surface area contributed by atoms with Crippen molar-refractivity contribution in [1.29, 1.82) is 0 Å². The minimum absolute atomic E-state index is 0.286. The quantitative estimate of drug-likeness (QED) is 0.559. The second kappa shape index (κ2) is 7.13. The summed E-state index contributed by atoms with van der Waals surface area (Å²) in [5, 5.41) is 0. The van der Waals surface area contributed by atoms with Gasteiger partial charge in [0, 0.05) is 0 Å². The van der Waals surface area contributed by atoms with E-state index in [0.717, 1.165) is 32.1 Å². The summed E-state index contributed by atoms with van der Waals surface area (Å²) in [6, 6.07) is 0. The van der Waals surface area contributed by atoms with Crippen molar-refractivity contribution >= 4 is 0 Å². The van der Waals surface area contributed by atoms with Crippen LogP contribution in [0.25, 0.3) is 0 Å². The third kappa shape index (κ3) is 6.80. The van der Waals surface area contributed by atoms with Crippen molar-refractivity contribution in [3.63, 3.8) is 0 Å². The molecule has 15 heavy (non-hydrogen) atoms. The summed E-state index contributed by atoms with van der Waals surface area (Å²) in [6.45, 7) is 5.47. The molecule has 0 saturated heterocycles. The normalized spacial score (nSPS) is 14.6. The van der Waals surface area contributed by atoms with Crippen LogP contribution in [0.15, 0.2) is 0 Å². The minimum atomic E-state index is -4.01. The van der Waals surface area contributed by atoms with Gasteiger partial charge in [-0.25, -0.2) is 0 Å². The Morgan fingerprint density at radius 3 is 1.67 bits per heavy atom. The molecule has 0 aliphatic carbocycles. The van der Waals surface area contributed by atoms with E-state index >= 15 is 0 Å². The Hall–Kier alpha value is -0.210. The van der Waals surface area contributed by atoms with Crippen LogP contribution in [0.5, 0.6) is 0 Å². The number of hydrogen-bond donors (Lipinski definition) is 0. The zero-order valence-electron chi connectivity index (χ0n) is 10.0. The maximum Gasteiger partial charge on any atom is 0.391 e. The van der Waals surface area contributed by atoms with E-state index in [-0.39, 0.29) is 6.42 Å². The molecule has 0 aliphatic heterocycles. The van der Waals surface area contributed by atoms with Crippen molar-refractivity contribution in [3.8, 4) is 0 Å². The van der Waals surface area contributed by atoms with Crippen LogP contribution in [0.2, 0.25) is 0 Å². The van der Waals surface area contributed by atoms with Gasteiger partial charge in [0.05, 0.1) is 5.92 Å². The lowest BCUT2D eigenvalue weighted by Crippen LogP contribution is -2.20. The summed E-state index contributed by atoms with van der Waals surface area (Å²) < 4.78 is 36.8. The summed E-state index contributed by atoms with van der Waals surface area (Å²) in [4.78, 5) is 0. The summed E-state index contributed by atoms with van der Waals surface area (Å²) in [5.74, 6) is -0.654. The zero-order chi connectivity index (χ0) is 11.9. The first-order valence-corrected chi connectivity index (χ1v) is 5.98. The van der Waals surface area contributed by atoms with Crippen LogP contribution in [0.1, 0.15) is 59.3 Å². The molecule has 3 heteroatoms. The van der Waals surface area contributed by atoms with Gasteiger partial charge in [-0.3, -0.25) is 0 Å². The van der Waals surface area contributed by atoms with Gasteiger partial charge in [0.1, 0.15) is 0 Å². The Morgan fingerprint density at radius 2 is 1.33 bits per heavy atom. The topological polar surface area (TPSA) is 0 Å². The van der Waals surface area contributed by atoms with Gasteiger partial charge < -0.3 is 0 Å². The van der Waals surface area contributed by atoms with Crippen LogP contribution in [0, 0.1) is 11.8 Å². The highest BCUT2D eigenvalue weighted by molar-refractivity contribution is 4.66. The van der Waals surface area contributed by atoms with Gasteiger partial charge in [-0.1, -0.05) is 46.5 Å². The van der Waals surface area contributed by atoms with Crippen molar-refractivity contribution in [1.82, 2.24) is 0 Å². The molecule has 0 rings (SSSR count). The van der Waals surface area contributed by atoms with E-state index in [9.17, 15) is 13.2 Å². The van der Waals surface area contributed by atoms with Crippen molar-refractivity contribution in [2.24, 2.45) is 11.8 Å². The monoisotopic (exact) mass is 224 g/mol. The third-order valence-electron chi connectivity index (χ3n) is 2.96. The third-order valence-corrected chi connectivity index (χ3v) is 2.96. The van der Waals surface area contributed by atoms with Gasteiger partial charge in [-0.15, -0.1) is 0 Å². The number of hydrogen-bond acceptors (Lipinski definition) is 0. The Kier molecular flexibility index (Phi) is 7.03. The molecule has 0 bridgehead atoms. The Labute approximate surface area is 91.3 Å². The van der Waals surface area contributed by atoms with Crippen molar-refractivity contribution < 1.29 is 13.2 Å². The molecular formula is C12H23F3. The molecule has 0 radical (unpaired) electrons. The fourth-order valence-electron chi connectivity index (χ4n) is 1.90. The molecule has 0 aromatic heterocycles. The predicted molar refractivity (Wildman–Crippen MR) is 57.8 cm³/mol. The fourth-order valence-corrected chi connectivity index (χ4v) is 1.90.